The van der Waals surface area contributed by atoms with Crippen LogP contribution in [0.4, 0.5) is 4.39 Å². The Kier molecular flexibility index (Phi) is 4.91. The summed E-state index contributed by atoms with van der Waals surface area (Å²) < 4.78 is 19.1. The Hall–Kier alpha value is -1.94. The third kappa shape index (κ3) is 3.39. The number of aromatic nitrogens is 1. The standard InChI is InChI=1S/C17H21FN2O/c1-11-9-20-16(12(2)17(11)21-4)10-19-13(3)14-7-5-6-8-15(14)18/h5-9,13,19H,10H2,1-4H3. The van der Waals surface area contributed by atoms with Crippen molar-refractivity contribution in [1.29, 1.82) is 0 Å². The van der Waals surface area contributed by atoms with Crippen molar-refractivity contribution in [3.63, 3.8) is 0 Å². The van der Waals surface area contributed by atoms with Crippen LogP contribution in [0, 0.1) is 19.7 Å². The van der Waals surface area contributed by atoms with Crippen molar-refractivity contribution < 1.29 is 9.13 Å². The molecular formula is C17H21FN2O. The first-order valence-electron chi connectivity index (χ1n) is 7.01. The average molecular weight is 288 g/mol. The number of aryl methyl sites for hydroxylation is 1. The highest BCUT2D eigenvalue weighted by molar-refractivity contribution is 5.41. The molecule has 0 bridgehead atoms. The lowest BCUT2D eigenvalue weighted by Crippen LogP contribution is -2.20. The van der Waals surface area contributed by atoms with Crippen molar-refractivity contribution in [3.05, 3.63) is 58.7 Å². The fourth-order valence-electron chi connectivity index (χ4n) is 2.44. The fourth-order valence-corrected chi connectivity index (χ4v) is 2.44. The molecule has 112 valence electrons. The van der Waals surface area contributed by atoms with Crippen LogP contribution in [0.3, 0.4) is 0 Å². The summed E-state index contributed by atoms with van der Waals surface area (Å²) in [5, 5.41) is 3.31. The lowest BCUT2D eigenvalue weighted by Gasteiger charge is -2.17. The molecule has 1 unspecified atom stereocenters. The number of rotatable bonds is 5. The van der Waals surface area contributed by atoms with Crippen LogP contribution in [0.2, 0.25) is 0 Å². The van der Waals surface area contributed by atoms with E-state index in [1.165, 1.54) is 6.07 Å². The zero-order valence-electron chi connectivity index (χ0n) is 12.9. The van der Waals surface area contributed by atoms with Crippen molar-refractivity contribution in [2.24, 2.45) is 0 Å². The van der Waals surface area contributed by atoms with Crippen molar-refractivity contribution >= 4 is 0 Å². The predicted octanol–water partition coefficient (Wildman–Crippen LogP) is 3.70. The summed E-state index contributed by atoms with van der Waals surface area (Å²) >= 11 is 0. The van der Waals surface area contributed by atoms with E-state index in [0.29, 0.717) is 12.1 Å². The van der Waals surface area contributed by atoms with Gasteiger partial charge >= 0.3 is 0 Å². The molecule has 0 fully saturated rings. The van der Waals surface area contributed by atoms with Gasteiger partial charge in [0.15, 0.2) is 0 Å². The average Bonchev–Trinajstić information content (AvgIpc) is 2.47. The molecule has 1 aromatic heterocycles. The van der Waals surface area contributed by atoms with Gasteiger partial charge in [0.2, 0.25) is 0 Å². The molecule has 1 atom stereocenters. The number of nitrogens with zero attached hydrogens (tertiary/aromatic N) is 1. The van der Waals surface area contributed by atoms with E-state index in [9.17, 15) is 4.39 Å². The molecule has 3 nitrogen and oxygen atoms in total. The van der Waals surface area contributed by atoms with Gasteiger partial charge in [0, 0.05) is 35.5 Å². The van der Waals surface area contributed by atoms with Crippen LogP contribution >= 0.6 is 0 Å². The molecule has 1 aromatic carbocycles. The maximum Gasteiger partial charge on any atom is 0.128 e. The number of hydrogen-bond acceptors (Lipinski definition) is 3. The molecule has 0 aliphatic heterocycles. The van der Waals surface area contributed by atoms with E-state index in [4.69, 9.17) is 4.74 Å². The van der Waals surface area contributed by atoms with Crippen LogP contribution < -0.4 is 10.1 Å². The number of methoxy groups -OCH3 is 1. The summed E-state index contributed by atoms with van der Waals surface area (Å²) in [5.74, 6) is 0.670. The number of nitrogens with one attached hydrogen (secondary N) is 1. The van der Waals surface area contributed by atoms with Crippen LogP contribution in [-0.4, -0.2) is 12.1 Å². The number of halogens is 1. The Morgan fingerprint density at radius 1 is 1.29 bits per heavy atom. The fraction of sp³-hybridized carbons (Fsp3) is 0.353. The normalized spacial score (nSPS) is 12.2. The molecular weight excluding hydrogens is 267 g/mol. The molecule has 0 amide bonds. The van der Waals surface area contributed by atoms with Gasteiger partial charge in [-0.25, -0.2) is 4.39 Å². The van der Waals surface area contributed by atoms with Gasteiger partial charge in [-0.1, -0.05) is 18.2 Å². The molecule has 21 heavy (non-hydrogen) atoms. The second kappa shape index (κ2) is 6.68. The molecule has 2 rings (SSSR count). The lowest BCUT2D eigenvalue weighted by atomic mass is 10.1. The third-order valence-electron chi connectivity index (χ3n) is 3.70. The van der Waals surface area contributed by atoms with Crippen LogP contribution in [0.1, 0.15) is 35.3 Å². The molecule has 0 saturated heterocycles. The van der Waals surface area contributed by atoms with Crippen molar-refractivity contribution in [1.82, 2.24) is 10.3 Å². The molecule has 4 heteroatoms. The Morgan fingerprint density at radius 3 is 2.67 bits per heavy atom. The summed E-state index contributed by atoms with van der Waals surface area (Å²) in [4.78, 5) is 4.44. The monoisotopic (exact) mass is 288 g/mol. The second-order valence-corrected chi connectivity index (χ2v) is 5.17. The van der Waals surface area contributed by atoms with Gasteiger partial charge in [-0.2, -0.15) is 0 Å². The van der Waals surface area contributed by atoms with E-state index in [2.05, 4.69) is 10.3 Å². The number of pyridine rings is 1. The molecule has 1 heterocycles. The van der Waals surface area contributed by atoms with E-state index >= 15 is 0 Å². The van der Waals surface area contributed by atoms with Gasteiger partial charge in [-0.15, -0.1) is 0 Å². The zero-order chi connectivity index (χ0) is 15.4. The second-order valence-electron chi connectivity index (χ2n) is 5.17. The van der Waals surface area contributed by atoms with Crippen molar-refractivity contribution in [2.75, 3.05) is 7.11 Å². The van der Waals surface area contributed by atoms with Gasteiger partial charge in [0.25, 0.3) is 0 Å². The smallest absolute Gasteiger partial charge is 0.128 e. The summed E-state index contributed by atoms with van der Waals surface area (Å²) in [5.41, 5.74) is 3.61. The number of ether oxygens (including phenoxy) is 1. The summed E-state index contributed by atoms with van der Waals surface area (Å²) in [6.07, 6.45) is 1.80. The number of benzene rings is 1. The largest absolute Gasteiger partial charge is 0.496 e. The van der Waals surface area contributed by atoms with Gasteiger partial charge in [-0.05, 0) is 26.8 Å². The molecule has 2 aromatic rings. The minimum Gasteiger partial charge on any atom is -0.496 e. The van der Waals surface area contributed by atoms with Crippen molar-refractivity contribution in [2.45, 2.75) is 33.4 Å². The van der Waals surface area contributed by atoms with Crippen LogP contribution in [0.5, 0.6) is 5.75 Å². The minimum atomic E-state index is -0.191. The zero-order valence-corrected chi connectivity index (χ0v) is 12.9. The molecule has 1 N–H and O–H groups in total. The van der Waals surface area contributed by atoms with Gasteiger partial charge < -0.3 is 10.1 Å². The van der Waals surface area contributed by atoms with Crippen molar-refractivity contribution in [3.8, 4) is 5.75 Å². The number of hydrogen-bond donors (Lipinski definition) is 1. The molecule has 0 aliphatic rings. The van der Waals surface area contributed by atoms with E-state index < -0.39 is 0 Å². The Balaban J connectivity index is 2.12. The topological polar surface area (TPSA) is 34.1 Å². The Labute approximate surface area is 125 Å². The van der Waals surface area contributed by atoms with Gasteiger partial charge in [0.05, 0.1) is 12.8 Å². The molecule has 0 saturated carbocycles. The third-order valence-corrected chi connectivity index (χ3v) is 3.70. The summed E-state index contributed by atoms with van der Waals surface area (Å²) in [6, 6.07) is 6.73. The molecule has 0 aliphatic carbocycles. The summed E-state index contributed by atoms with van der Waals surface area (Å²) in [7, 11) is 1.66. The highest BCUT2D eigenvalue weighted by atomic mass is 19.1. The van der Waals surface area contributed by atoms with Gasteiger partial charge in [0.1, 0.15) is 11.6 Å². The minimum absolute atomic E-state index is 0.0836. The predicted molar refractivity (Wildman–Crippen MR) is 81.9 cm³/mol. The first kappa shape index (κ1) is 15.4. The summed E-state index contributed by atoms with van der Waals surface area (Å²) in [6.45, 7) is 6.47. The van der Waals surface area contributed by atoms with E-state index in [0.717, 1.165) is 22.6 Å². The van der Waals surface area contributed by atoms with Crippen LogP contribution in [0.15, 0.2) is 30.5 Å². The molecule has 0 spiro atoms. The quantitative estimate of drug-likeness (QED) is 0.911. The van der Waals surface area contributed by atoms with Gasteiger partial charge in [-0.3, -0.25) is 4.98 Å². The van der Waals surface area contributed by atoms with E-state index in [1.54, 1.807) is 25.4 Å². The first-order chi connectivity index (χ1) is 10.0. The van der Waals surface area contributed by atoms with Crippen LogP contribution in [-0.2, 0) is 6.54 Å². The first-order valence-corrected chi connectivity index (χ1v) is 7.01. The van der Waals surface area contributed by atoms with E-state index in [1.807, 2.05) is 26.8 Å². The van der Waals surface area contributed by atoms with E-state index in [-0.39, 0.29) is 11.9 Å². The SMILES string of the molecule is COc1c(C)cnc(CNC(C)c2ccccc2F)c1C. The van der Waals surface area contributed by atoms with Crippen LogP contribution in [0.25, 0.3) is 0 Å². The molecule has 0 radical (unpaired) electrons. The lowest BCUT2D eigenvalue weighted by molar-refractivity contribution is 0.406. The Bertz CT molecular complexity index is 628. The Morgan fingerprint density at radius 2 is 2.00 bits per heavy atom. The maximum absolute atomic E-state index is 13.7. The highest BCUT2D eigenvalue weighted by Gasteiger charge is 2.13. The highest BCUT2D eigenvalue weighted by Crippen LogP contribution is 2.24. The maximum atomic E-state index is 13.7.